The number of nitrogens with zero attached hydrogens (tertiary/aromatic N) is 3. The molecular weight excluding hydrogens is 512 g/mol. The molecule has 2 aromatic carbocycles. The standard InChI is InChI=1S/C26H34N6O3S.ClH/c1-19-17-27-25(29-21-8-5-7-20(15-21)18-32-11-13-35-14-12-32)30-24(19)28-22-9-6-10-23(16-22)36(33,34)31-26(2,3)4;/h5-10,15-17,31H,11-14,18H2,1-4H3,(H2,27,28,29,30);1H. The van der Waals surface area contributed by atoms with E-state index in [4.69, 9.17) is 4.74 Å². The lowest BCUT2D eigenvalue weighted by atomic mass is 10.1. The Balaban J connectivity index is 0.00000380. The van der Waals surface area contributed by atoms with Crippen LogP contribution in [0.4, 0.5) is 23.1 Å². The van der Waals surface area contributed by atoms with Crippen LogP contribution >= 0.6 is 12.4 Å². The van der Waals surface area contributed by atoms with Gasteiger partial charge in [0, 0.05) is 48.3 Å². The number of nitrogens with one attached hydrogen (secondary N) is 3. The van der Waals surface area contributed by atoms with Gasteiger partial charge in [-0.05, 0) is 63.6 Å². The van der Waals surface area contributed by atoms with Crippen molar-refractivity contribution in [3.8, 4) is 0 Å². The maximum atomic E-state index is 12.7. The topological polar surface area (TPSA) is 108 Å². The fourth-order valence-corrected chi connectivity index (χ4v) is 5.33. The van der Waals surface area contributed by atoms with Gasteiger partial charge in [0.15, 0.2) is 0 Å². The predicted octanol–water partition coefficient (Wildman–Crippen LogP) is 4.60. The third-order valence-electron chi connectivity index (χ3n) is 5.51. The van der Waals surface area contributed by atoms with E-state index in [0.29, 0.717) is 17.5 Å². The highest BCUT2D eigenvalue weighted by atomic mass is 35.5. The van der Waals surface area contributed by atoms with Crippen molar-refractivity contribution < 1.29 is 13.2 Å². The Bertz CT molecular complexity index is 1310. The van der Waals surface area contributed by atoms with Crippen LogP contribution in [0.5, 0.6) is 0 Å². The Kier molecular flexibility index (Phi) is 9.49. The first-order chi connectivity index (χ1) is 17.1. The van der Waals surface area contributed by atoms with E-state index in [2.05, 4.69) is 42.4 Å². The molecule has 0 atom stereocenters. The molecule has 1 aliphatic rings. The molecule has 0 saturated carbocycles. The number of ether oxygens (including phenoxy) is 1. The number of morpholine rings is 1. The summed E-state index contributed by atoms with van der Waals surface area (Å²) in [6.07, 6.45) is 1.73. The van der Waals surface area contributed by atoms with Crippen molar-refractivity contribution in [1.29, 1.82) is 0 Å². The van der Waals surface area contributed by atoms with Gasteiger partial charge in [0.1, 0.15) is 5.82 Å². The van der Waals surface area contributed by atoms with Crippen molar-refractivity contribution in [3.05, 3.63) is 65.9 Å². The van der Waals surface area contributed by atoms with Gasteiger partial charge in [0.25, 0.3) is 0 Å². The molecule has 1 fully saturated rings. The molecule has 0 radical (unpaired) electrons. The molecule has 0 bridgehead atoms. The second-order valence-electron chi connectivity index (χ2n) is 9.95. The maximum Gasteiger partial charge on any atom is 0.241 e. The van der Waals surface area contributed by atoms with E-state index in [9.17, 15) is 8.42 Å². The summed E-state index contributed by atoms with van der Waals surface area (Å²) in [6, 6.07) is 14.9. The Labute approximate surface area is 225 Å². The smallest absolute Gasteiger partial charge is 0.241 e. The van der Waals surface area contributed by atoms with Crippen molar-refractivity contribution in [3.63, 3.8) is 0 Å². The fraction of sp³-hybridized carbons (Fsp3) is 0.385. The van der Waals surface area contributed by atoms with E-state index in [1.165, 1.54) is 5.56 Å². The minimum absolute atomic E-state index is 0. The molecule has 0 spiro atoms. The number of benzene rings is 2. The van der Waals surface area contributed by atoms with Gasteiger partial charge in [0.05, 0.1) is 18.1 Å². The third kappa shape index (κ3) is 8.37. The highest BCUT2D eigenvalue weighted by Crippen LogP contribution is 2.24. The van der Waals surface area contributed by atoms with E-state index >= 15 is 0 Å². The highest BCUT2D eigenvalue weighted by Gasteiger charge is 2.22. The van der Waals surface area contributed by atoms with E-state index in [-0.39, 0.29) is 17.3 Å². The van der Waals surface area contributed by atoms with E-state index in [1.54, 1.807) is 30.5 Å². The molecule has 1 aromatic heterocycles. The molecule has 0 amide bonds. The summed E-state index contributed by atoms with van der Waals surface area (Å²) in [7, 11) is -3.65. The van der Waals surface area contributed by atoms with Gasteiger partial charge in [0.2, 0.25) is 16.0 Å². The van der Waals surface area contributed by atoms with Gasteiger partial charge in [-0.15, -0.1) is 12.4 Å². The van der Waals surface area contributed by atoms with Crippen LogP contribution in [0.15, 0.2) is 59.6 Å². The van der Waals surface area contributed by atoms with Crippen molar-refractivity contribution in [2.45, 2.75) is 44.7 Å². The van der Waals surface area contributed by atoms with E-state index < -0.39 is 15.6 Å². The molecule has 3 N–H and O–H groups in total. The minimum Gasteiger partial charge on any atom is -0.379 e. The number of halogens is 1. The lowest BCUT2D eigenvalue weighted by Crippen LogP contribution is -2.40. The molecule has 4 rings (SSSR count). The van der Waals surface area contributed by atoms with Crippen LogP contribution in [0.2, 0.25) is 0 Å². The van der Waals surface area contributed by atoms with Crippen LogP contribution in [0.1, 0.15) is 31.9 Å². The molecule has 1 saturated heterocycles. The van der Waals surface area contributed by atoms with Gasteiger partial charge < -0.3 is 15.4 Å². The van der Waals surface area contributed by atoms with E-state index in [1.807, 2.05) is 39.8 Å². The summed E-state index contributed by atoms with van der Waals surface area (Å²) in [5.74, 6) is 1.04. The molecule has 200 valence electrons. The van der Waals surface area contributed by atoms with Crippen molar-refractivity contribution >= 4 is 45.6 Å². The van der Waals surface area contributed by atoms with Gasteiger partial charge in [-0.3, -0.25) is 4.90 Å². The average Bonchev–Trinajstić information content (AvgIpc) is 2.81. The second kappa shape index (κ2) is 12.2. The summed E-state index contributed by atoms with van der Waals surface area (Å²) in [4.78, 5) is 11.6. The highest BCUT2D eigenvalue weighted by molar-refractivity contribution is 7.89. The number of sulfonamides is 1. The summed E-state index contributed by atoms with van der Waals surface area (Å²) >= 11 is 0. The fourth-order valence-electron chi connectivity index (χ4n) is 3.86. The van der Waals surface area contributed by atoms with Crippen molar-refractivity contribution in [1.82, 2.24) is 19.6 Å². The first-order valence-corrected chi connectivity index (χ1v) is 13.5. The number of hydrogen-bond acceptors (Lipinski definition) is 8. The molecule has 11 heteroatoms. The first kappa shape index (κ1) is 28.8. The van der Waals surface area contributed by atoms with Gasteiger partial charge in [-0.1, -0.05) is 18.2 Å². The Morgan fingerprint density at radius 1 is 1.00 bits per heavy atom. The van der Waals surface area contributed by atoms with Crippen LogP contribution < -0.4 is 15.4 Å². The summed E-state index contributed by atoms with van der Waals surface area (Å²) in [6.45, 7) is 11.6. The number of hydrogen-bond donors (Lipinski definition) is 3. The Morgan fingerprint density at radius 3 is 2.38 bits per heavy atom. The normalized spacial score (nSPS) is 14.6. The van der Waals surface area contributed by atoms with Crippen LogP contribution in [0.3, 0.4) is 0 Å². The zero-order chi connectivity index (χ0) is 25.8. The summed E-state index contributed by atoms with van der Waals surface area (Å²) in [5.41, 5.74) is 2.98. The molecular formula is C26H35ClN6O3S. The number of rotatable bonds is 8. The molecule has 9 nitrogen and oxygen atoms in total. The molecule has 1 aliphatic heterocycles. The molecule has 0 aliphatic carbocycles. The molecule has 0 unspecified atom stereocenters. The predicted molar refractivity (Wildman–Crippen MR) is 150 cm³/mol. The first-order valence-electron chi connectivity index (χ1n) is 12.0. The number of aromatic nitrogens is 2. The number of anilines is 4. The molecule has 3 aromatic rings. The van der Waals surface area contributed by atoms with E-state index in [0.717, 1.165) is 44.1 Å². The largest absolute Gasteiger partial charge is 0.379 e. The van der Waals surface area contributed by atoms with Crippen LogP contribution in [0.25, 0.3) is 0 Å². The van der Waals surface area contributed by atoms with Crippen LogP contribution in [-0.4, -0.2) is 55.1 Å². The van der Waals surface area contributed by atoms with Crippen LogP contribution in [0, 0.1) is 6.92 Å². The minimum atomic E-state index is -3.65. The molecule has 2 heterocycles. The quantitative estimate of drug-likeness (QED) is 0.376. The zero-order valence-corrected chi connectivity index (χ0v) is 23.2. The zero-order valence-electron chi connectivity index (χ0n) is 21.6. The average molecular weight is 547 g/mol. The maximum absolute atomic E-state index is 12.7. The Morgan fingerprint density at radius 2 is 1.68 bits per heavy atom. The van der Waals surface area contributed by atoms with Gasteiger partial charge in [-0.2, -0.15) is 4.98 Å². The second-order valence-corrected chi connectivity index (χ2v) is 11.6. The number of aryl methyl sites for hydroxylation is 1. The lowest BCUT2D eigenvalue weighted by Gasteiger charge is -2.26. The van der Waals surface area contributed by atoms with Gasteiger partial charge in [-0.25, -0.2) is 18.1 Å². The lowest BCUT2D eigenvalue weighted by molar-refractivity contribution is 0.0342. The Hall–Kier alpha value is -2.76. The van der Waals surface area contributed by atoms with Crippen molar-refractivity contribution in [2.75, 3.05) is 36.9 Å². The SMILES string of the molecule is Cc1cnc(Nc2cccc(CN3CCOCC3)c2)nc1Nc1cccc(S(=O)(=O)NC(C)(C)C)c1.Cl. The van der Waals surface area contributed by atoms with Gasteiger partial charge >= 0.3 is 0 Å². The third-order valence-corrected chi connectivity index (χ3v) is 7.27. The summed E-state index contributed by atoms with van der Waals surface area (Å²) in [5, 5.41) is 6.52. The monoisotopic (exact) mass is 546 g/mol. The summed E-state index contributed by atoms with van der Waals surface area (Å²) < 4.78 is 33.6. The van der Waals surface area contributed by atoms with Crippen molar-refractivity contribution in [2.24, 2.45) is 0 Å². The van der Waals surface area contributed by atoms with Crippen LogP contribution in [-0.2, 0) is 21.3 Å². The molecule has 37 heavy (non-hydrogen) atoms.